The van der Waals surface area contributed by atoms with Crippen LogP contribution in [0.2, 0.25) is 0 Å². The fourth-order valence-electron chi connectivity index (χ4n) is 1.48. The first-order chi connectivity index (χ1) is 9.41. The normalized spacial score (nSPS) is 12.2. The van der Waals surface area contributed by atoms with Gasteiger partial charge in [-0.1, -0.05) is 0 Å². The number of amides is 1. The van der Waals surface area contributed by atoms with Crippen molar-refractivity contribution in [1.29, 1.82) is 0 Å². The number of carboxylic acid groups (broad SMARTS) is 2. The smallest absolute Gasteiger partial charge is 0.326 e. The van der Waals surface area contributed by atoms with E-state index in [2.05, 4.69) is 0 Å². The van der Waals surface area contributed by atoms with Gasteiger partial charge >= 0.3 is 11.9 Å². The van der Waals surface area contributed by atoms with Crippen LogP contribution in [0.4, 0.5) is 0 Å². The molecule has 1 heterocycles. The van der Waals surface area contributed by atoms with E-state index >= 15 is 0 Å². The van der Waals surface area contributed by atoms with Gasteiger partial charge in [0.15, 0.2) is 0 Å². The summed E-state index contributed by atoms with van der Waals surface area (Å²) in [6.45, 7) is 1.15. The van der Waals surface area contributed by atoms with Crippen LogP contribution in [0.3, 0.4) is 0 Å². The van der Waals surface area contributed by atoms with E-state index in [-0.39, 0.29) is 13.0 Å². The van der Waals surface area contributed by atoms with Crippen molar-refractivity contribution in [3.63, 3.8) is 0 Å². The third kappa shape index (κ3) is 4.60. The Bertz CT molecular complexity index is 505. The first-order valence-electron chi connectivity index (χ1n) is 5.88. The molecular formula is C13H15NO6. The second-order valence-electron chi connectivity index (χ2n) is 4.04. The molecule has 1 rings (SSSR count). The van der Waals surface area contributed by atoms with Gasteiger partial charge in [0.05, 0.1) is 12.7 Å². The number of aliphatic carboxylic acids is 2. The first-order valence-corrected chi connectivity index (χ1v) is 5.88. The van der Waals surface area contributed by atoms with Crippen molar-refractivity contribution >= 4 is 23.9 Å². The largest absolute Gasteiger partial charge is 0.481 e. The molecule has 7 nitrogen and oxygen atoms in total. The predicted octanol–water partition coefficient (Wildman–Crippen LogP) is 1.07. The van der Waals surface area contributed by atoms with Gasteiger partial charge in [-0.15, -0.1) is 0 Å². The van der Waals surface area contributed by atoms with Crippen molar-refractivity contribution in [2.24, 2.45) is 0 Å². The third-order valence-electron chi connectivity index (χ3n) is 2.61. The number of carbonyl (C=O) groups is 3. The van der Waals surface area contributed by atoms with Gasteiger partial charge in [0.25, 0.3) is 0 Å². The van der Waals surface area contributed by atoms with E-state index < -0.39 is 23.9 Å². The van der Waals surface area contributed by atoms with Crippen LogP contribution < -0.4 is 0 Å². The van der Waals surface area contributed by atoms with Crippen LogP contribution in [0, 0.1) is 0 Å². The molecule has 0 aliphatic rings. The van der Waals surface area contributed by atoms with E-state index in [1.54, 1.807) is 12.1 Å². The molecule has 108 valence electrons. The van der Waals surface area contributed by atoms with Crippen molar-refractivity contribution in [3.8, 4) is 0 Å². The lowest BCUT2D eigenvalue weighted by Gasteiger charge is -2.24. The molecule has 0 radical (unpaired) electrons. The zero-order chi connectivity index (χ0) is 15.1. The van der Waals surface area contributed by atoms with E-state index in [4.69, 9.17) is 14.6 Å². The summed E-state index contributed by atoms with van der Waals surface area (Å²) < 4.78 is 5.00. The molecule has 1 aromatic heterocycles. The lowest BCUT2D eigenvalue weighted by atomic mass is 10.2. The highest BCUT2D eigenvalue weighted by Crippen LogP contribution is 2.07. The van der Waals surface area contributed by atoms with Gasteiger partial charge in [-0.3, -0.25) is 9.59 Å². The van der Waals surface area contributed by atoms with Gasteiger partial charge in [-0.25, -0.2) is 4.79 Å². The van der Waals surface area contributed by atoms with E-state index in [1.165, 1.54) is 19.3 Å². The average molecular weight is 281 g/mol. The SMILES string of the molecule is CC(C(=O)O)N(CCC(=O)O)C(=O)/C=C/c1ccco1. The minimum absolute atomic E-state index is 0.176. The van der Waals surface area contributed by atoms with Gasteiger partial charge < -0.3 is 19.5 Å². The fraction of sp³-hybridized carbons (Fsp3) is 0.308. The Kier molecular flexibility index (Phi) is 5.52. The molecule has 0 aliphatic heterocycles. The molecule has 1 amide bonds. The lowest BCUT2D eigenvalue weighted by molar-refractivity contribution is -0.149. The van der Waals surface area contributed by atoms with Gasteiger partial charge in [0, 0.05) is 12.6 Å². The van der Waals surface area contributed by atoms with Crippen LogP contribution in [0.1, 0.15) is 19.1 Å². The summed E-state index contributed by atoms with van der Waals surface area (Å²) in [6.07, 6.45) is 3.66. The summed E-state index contributed by atoms with van der Waals surface area (Å²) in [5.74, 6) is -2.44. The first kappa shape index (κ1) is 15.5. The fourth-order valence-corrected chi connectivity index (χ4v) is 1.48. The number of hydrogen-bond donors (Lipinski definition) is 2. The molecule has 1 unspecified atom stereocenters. The van der Waals surface area contributed by atoms with E-state index in [9.17, 15) is 14.4 Å². The molecule has 1 aromatic rings. The Morgan fingerprint density at radius 2 is 2.10 bits per heavy atom. The summed E-state index contributed by atoms with van der Waals surface area (Å²) in [5, 5.41) is 17.6. The maximum Gasteiger partial charge on any atom is 0.326 e. The third-order valence-corrected chi connectivity index (χ3v) is 2.61. The van der Waals surface area contributed by atoms with E-state index in [0.29, 0.717) is 5.76 Å². The van der Waals surface area contributed by atoms with E-state index in [1.807, 2.05) is 0 Å². The number of hydrogen-bond acceptors (Lipinski definition) is 4. The topological polar surface area (TPSA) is 108 Å². The summed E-state index contributed by atoms with van der Waals surface area (Å²) in [7, 11) is 0. The van der Waals surface area contributed by atoms with Gasteiger partial charge in [-0.05, 0) is 25.1 Å². The van der Waals surface area contributed by atoms with Crippen molar-refractivity contribution in [2.75, 3.05) is 6.54 Å². The number of carboxylic acids is 2. The summed E-state index contributed by atoms with van der Waals surface area (Å²) >= 11 is 0. The van der Waals surface area contributed by atoms with Crippen molar-refractivity contribution < 1.29 is 29.0 Å². The average Bonchev–Trinajstić information content (AvgIpc) is 2.88. The number of nitrogens with zero attached hydrogens (tertiary/aromatic N) is 1. The number of rotatable bonds is 7. The van der Waals surface area contributed by atoms with Gasteiger partial charge in [-0.2, -0.15) is 0 Å². The highest BCUT2D eigenvalue weighted by molar-refractivity contribution is 5.94. The Labute approximate surface area is 115 Å². The minimum atomic E-state index is -1.20. The lowest BCUT2D eigenvalue weighted by Crippen LogP contribution is -2.43. The Hall–Kier alpha value is -2.57. The molecular weight excluding hydrogens is 266 g/mol. The number of furan rings is 1. The van der Waals surface area contributed by atoms with Crippen molar-refractivity contribution in [3.05, 3.63) is 30.2 Å². The molecule has 0 bridgehead atoms. The van der Waals surface area contributed by atoms with Crippen LogP contribution in [-0.4, -0.2) is 45.5 Å². The van der Waals surface area contributed by atoms with Crippen LogP contribution in [0.5, 0.6) is 0 Å². The number of carbonyl (C=O) groups excluding carboxylic acids is 1. The molecule has 0 aliphatic carbocycles. The summed E-state index contributed by atoms with van der Waals surface area (Å²) in [6, 6.07) is 2.17. The second kappa shape index (κ2) is 7.13. The van der Waals surface area contributed by atoms with Crippen molar-refractivity contribution in [2.45, 2.75) is 19.4 Å². The van der Waals surface area contributed by atoms with Crippen molar-refractivity contribution in [1.82, 2.24) is 4.90 Å². The van der Waals surface area contributed by atoms with Gasteiger partial charge in [0.2, 0.25) is 5.91 Å². The second-order valence-corrected chi connectivity index (χ2v) is 4.04. The highest BCUT2D eigenvalue weighted by atomic mass is 16.4. The summed E-state index contributed by atoms with van der Waals surface area (Å²) in [4.78, 5) is 34.4. The predicted molar refractivity (Wildman–Crippen MR) is 68.8 cm³/mol. The highest BCUT2D eigenvalue weighted by Gasteiger charge is 2.24. The zero-order valence-electron chi connectivity index (χ0n) is 10.9. The van der Waals surface area contributed by atoms with Crippen LogP contribution >= 0.6 is 0 Å². The standard InChI is InChI=1S/C13H15NO6/c1-9(13(18)19)14(7-6-12(16)17)11(15)5-4-10-3-2-8-20-10/h2-5,8-9H,6-7H2,1H3,(H,16,17)(H,18,19)/b5-4+. The summed E-state index contributed by atoms with van der Waals surface area (Å²) in [5.41, 5.74) is 0. The van der Waals surface area contributed by atoms with Crippen LogP contribution in [-0.2, 0) is 14.4 Å². The minimum Gasteiger partial charge on any atom is -0.481 e. The molecule has 0 spiro atoms. The zero-order valence-corrected chi connectivity index (χ0v) is 10.9. The van der Waals surface area contributed by atoms with Gasteiger partial charge in [0.1, 0.15) is 11.8 Å². The molecule has 7 heteroatoms. The monoisotopic (exact) mass is 281 g/mol. The quantitative estimate of drug-likeness (QED) is 0.724. The maximum absolute atomic E-state index is 11.9. The molecule has 0 saturated heterocycles. The molecule has 20 heavy (non-hydrogen) atoms. The molecule has 2 N–H and O–H groups in total. The van der Waals surface area contributed by atoms with E-state index in [0.717, 1.165) is 11.0 Å². The van der Waals surface area contributed by atoms with Crippen LogP contribution in [0.15, 0.2) is 28.9 Å². The Balaban J connectivity index is 2.77. The molecule has 0 aromatic carbocycles. The maximum atomic E-state index is 11.9. The Morgan fingerprint density at radius 1 is 1.40 bits per heavy atom. The molecule has 1 atom stereocenters. The van der Waals surface area contributed by atoms with Crippen LogP contribution in [0.25, 0.3) is 6.08 Å². The molecule has 0 saturated carbocycles. The Morgan fingerprint density at radius 3 is 2.60 bits per heavy atom. The molecule has 0 fully saturated rings.